The van der Waals surface area contributed by atoms with Gasteiger partial charge in [0.1, 0.15) is 5.75 Å². The summed E-state index contributed by atoms with van der Waals surface area (Å²) in [4.78, 5) is 8.87. The molecule has 0 spiro atoms. The van der Waals surface area contributed by atoms with Gasteiger partial charge in [0.15, 0.2) is 12.0 Å². The van der Waals surface area contributed by atoms with Gasteiger partial charge in [-0.1, -0.05) is 23.9 Å². The van der Waals surface area contributed by atoms with E-state index in [9.17, 15) is 4.39 Å². The quantitative estimate of drug-likeness (QED) is 0.668. The van der Waals surface area contributed by atoms with Gasteiger partial charge < -0.3 is 4.74 Å². The summed E-state index contributed by atoms with van der Waals surface area (Å²) >= 11 is 1.47. The number of hydrogen-bond acceptors (Lipinski definition) is 4. The summed E-state index contributed by atoms with van der Waals surface area (Å²) in [6.07, 6.45) is 1.78. The van der Waals surface area contributed by atoms with Gasteiger partial charge in [-0.2, -0.15) is 0 Å². The molecule has 0 radical (unpaired) electrons. The van der Waals surface area contributed by atoms with E-state index in [4.69, 9.17) is 4.74 Å². The van der Waals surface area contributed by atoms with Crippen molar-refractivity contribution in [2.45, 2.75) is 24.6 Å². The van der Waals surface area contributed by atoms with Crippen molar-refractivity contribution in [3.05, 3.63) is 47.8 Å². The van der Waals surface area contributed by atoms with Crippen molar-refractivity contribution < 1.29 is 9.13 Å². The largest absolute Gasteiger partial charge is 0.496 e. The van der Waals surface area contributed by atoms with Crippen LogP contribution in [0.2, 0.25) is 0 Å². The topological polar surface area (TPSA) is 39.9 Å². The third-order valence-corrected chi connectivity index (χ3v) is 4.43. The Morgan fingerprint density at radius 3 is 2.91 bits per heavy atom. The zero-order chi connectivity index (χ0) is 15.5. The summed E-state index contributed by atoms with van der Waals surface area (Å²) in [5.74, 6) is 1.42. The van der Waals surface area contributed by atoms with Gasteiger partial charge in [-0.3, -0.25) is 9.55 Å². The van der Waals surface area contributed by atoms with Crippen molar-refractivity contribution in [1.82, 2.24) is 14.5 Å². The molecule has 1 aromatic carbocycles. The lowest BCUT2D eigenvalue weighted by Crippen LogP contribution is -1.97. The van der Waals surface area contributed by atoms with Crippen LogP contribution in [-0.2, 0) is 12.6 Å². The minimum Gasteiger partial charge on any atom is -0.496 e. The first kappa shape index (κ1) is 14.8. The number of fused-ring (bicyclic) bond motifs is 1. The normalized spacial score (nSPS) is 11.0. The van der Waals surface area contributed by atoms with E-state index in [0.29, 0.717) is 10.9 Å². The van der Waals surface area contributed by atoms with Crippen LogP contribution in [-0.4, -0.2) is 21.6 Å². The lowest BCUT2D eigenvalue weighted by atomic mass is 10.2. The van der Waals surface area contributed by atoms with Crippen LogP contribution < -0.4 is 4.74 Å². The second-order valence-electron chi connectivity index (χ2n) is 4.86. The Morgan fingerprint density at radius 1 is 1.32 bits per heavy atom. The lowest BCUT2D eigenvalue weighted by molar-refractivity contribution is 0.366. The molecule has 0 aliphatic carbocycles. The number of nitrogens with zero attached hydrogens (tertiary/aromatic N) is 3. The Balaban J connectivity index is 1.84. The number of benzene rings is 1. The zero-order valence-corrected chi connectivity index (χ0v) is 13.2. The number of imidazole rings is 1. The number of pyridine rings is 1. The fourth-order valence-corrected chi connectivity index (χ4v) is 3.16. The lowest BCUT2D eigenvalue weighted by Gasteiger charge is -2.07. The Hall–Kier alpha value is -2.08. The second-order valence-corrected chi connectivity index (χ2v) is 5.81. The van der Waals surface area contributed by atoms with Crippen LogP contribution in [0.5, 0.6) is 5.75 Å². The van der Waals surface area contributed by atoms with Gasteiger partial charge in [-0.25, -0.2) is 9.37 Å². The molecule has 0 fully saturated rings. The number of alkyl halides is 1. The molecule has 0 N–H and O–H groups in total. The molecule has 4 nitrogen and oxygen atoms in total. The van der Waals surface area contributed by atoms with E-state index in [2.05, 4.69) is 9.97 Å². The molecule has 3 aromatic rings. The number of ether oxygens (including phenoxy) is 1. The van der Waals surface area contributed by atoms with E-state index in [0.717, 1.165) is 28.0 Å². The molecule has 2 heterocycles. The van der Waals surface area contributed by atoms with Gasteiger partial charge >= 0.3 is 0 Å². The third kappa shape index (κ3) is 2.78. The molecule has 22 heavy (non-hydrogen) atoms. The van der Waals surface area contributed by atoms with Crippen LogP contribution in [0.1, 0.15) is 11.3 Å². The Morgan fingerprint density at radius 2 is 2.14 bits per heavy atom. The number of hydrogen-bond donors (Lipinski definition) is 0. The van der Waals surface area contributed by atoms with Crippen molar-refractivity contribution >= 4 is 22.8 Å². The maximum atomic E-state index is 13.3. The summed E-state index contributed by atoms with van der Waals surface area (Å²) in [7, 11) is 1.64. The highest BCUT2D eigenvalue weighted by Gasteiger charge is 2.11. The van der Waals surface area contributed by atoms with Crippen LogP contribution in [0.15, 0.2) is 41.7 Å². The highest BCUT2D eigenvalue weighted by Crippen LogP contribution is 2.27. The summed E-state index contributed by atoms with van der Waals surface area (Å²) in [6, 6.07) is 9.46. The fraction of sp³-hybridized carbons (Fsp3) is 0.250. The van der Waals surface area contributed by atoms with E-state index in [1.165, 1.54) is 11.8 Å². The number of rotatable bonds is 5. The monoisotopic (exact) mass is 317 g/mol. The predicted octanol–water partition coefficient (Wildman–Crippen LogP) is 3.97. The van der Waals surface area contributed by atoms with E-state index in [1.807, 2.05) is 37.3 Å². The summed E-state index contributed by atoms with van der Waals surface area (Å²) in [5.41, 5.74) is 3.48. The molecule has 0 aliphatic heterocycles. The molecule has 0 amide bonds. The van der Waals surface area contributed by atoms with Gasteiger partial charge in [-0.05, 0) is 19.1 Å². The first-order chi connectivity index (χ1) is 10.7. The smallest absolute Gasteiger partial charge is 0.171 e. The molecule has 0 aliphatic rings. The zero-order valence-electron chi connectivity index (χ0n) is 12.4. The molecular weight excluding hydrogens is 301 g/mol. The Labute approximate surface area is 132 Å². The highest BCUT2D eigenvalue weighted by atomic mass is 32.2. The number of halogens is 1. The Bertz CT molecular complexity index is 803. The molecule has 0 bridgehead atoms. The van der Waals surface area contributed by atoms with Crippen LogP contribution in [0.4, 0.5) is 4.39 Å². The summed E-state index contributed by atoms with van der Waals surface area (Å²) in [5, 5.41) is 0.657. The number of thioether (sulfide) groups is 1. The Kier molecular flexibility index (Phi) is 4.29. The van der Waals surface area contributed by atoms with Crippen molar-refractivity contribution in [2.75, 3.05) is 7.11 Å². The molecule has 0 saturated heterocycles. The number of methoxy groups -OCH3 is 1. The number of aromatic nitrogens is 3. The first-order valence-corrected chi connectivity index (χ1v) is 7.85. The van der Waals surface area contributed by atoms with Crippen LogP contribution >= 0.6 is 11.8 Å². The average Bonchev–Trinajstić information content (AvgIpc) is 2.91. The molecule has 0 atom stereocenters. The van der Waals surface area contributed by atoms with E-state index < -0.39 is 6.80 Å². The van der Waals surface area contributed by atoms with Crippen LogP contribution in [0, 0.1) is 6.92 Å². The molecule has 0 unspecified atom stereocenters. The van der Waals surface area contributed by atoms with Gasteiger partial charge in [0.25, 0.3) is 0 Å². The molecule has 114 valence electrons. The molecule has 2 aromatic heterocycles. The number of para-hydroxylation sites is 2. The van der Waals surface area contributed by atoms with Gasteiger partial charge in [0, 0.05) is 23.6 Å². The van der Waals surface area contributed by atoms with Crippen LogP contribution in [0.3, 0.4) is 0 Å². The van der Waals surface area contributed by atoms with Gasteiger partial charge in [-0.15, -0.1) is 0 Å². The maximum absolute atomic E-state index is 13.3. The SMILES string of the molecule is COc1cc(CSc2nc3ccccc3n2CF)ncc1C. The summed E-state index contributed by atoms with van der Waals surface area (Å²) < 4.78 is 20.2. The van der Waals surface area contributed by atoms with Crippen molar-refractivity contribution in [3.8, 4) is 5.75 Å². The standard InChI is InChI=1S/C16H16FN3OS/c1-11-8-18-12(7-15(11)21-2)9-22-16-19-13-5-3-4-6-14(13)20(16)10-17/h3-8H,9-10H2,1-2H3. The maximum Gasteiger partial charge on any atom is 0.171 e. The molecule has 6 heteroatoms. The van der Waals surface area contributed by atoms with Crippen molar-refractivity contribution in [2.24, 2.45) is 0 Å². The minimum absolute atomic E-state index is 0.590. The van der Waals surface area contributed by atoms with Gasteiger partial charge in [0.2, 0.25) is 0 Å². The fourth-order valence-electron chi connectivity index (χ4n) is 2.26. The number of aryl methyl sites for hydroxylation is 1. The summed E-state index contributed by atoms with van der Waals surface area (Å²) in [6.45, 7) is 1.36. The highest BCUT2D eigenvalue weighted by molar-refractivity contribution is 7.98. The van der Waals surface area contributed by atoms with Crippen molar-refractivity contribution in [1.29, 1.82) is 0 Å². The van der Waals surface area contributed by atoms with Gasteiger partial charge in [0.05, 0.1) is 23.8 Å². The first-order valence-electron chi connectivity index (χ1n) is 6.86. The average molecular weight is 317 g/mol. The predicted molar refractivity (Wildman–Crippen MR) is 85.9 cm³/mol. The second kappa shape index (κ2) is 6.36. The van der Waals surface area contributed by atoms with Crippen molar-refractivity contribution in [3.63, 3.8) is 0 Å². The van der Waals surface area contributed by atoms with E-state index >= 15 is 0 Å². The molecule has 3 rings (SSSR count). The molecular formula is C16H16FN3OS. The molecule has 0 saturated carbocycles. The third-order valence-electron chi connectivity index (χ3n) is 3.42. The van der Waals surface area contributed by atoms with E-state index in [-0.39, 0.29) is 0 Å². The van der Waals surface area contributed by atoms with E-state index in [1.54, 1.807) is 17.9 Å². The van der Waals surface area contributed by atoms with Crippen LogP contribution in [0.25, 0.3) is 11.0 Å². The minimum atomic E-state index is -0.590.